The normalized spacial score (nSPS) is 16.0. The van der Waals surface area contributed by atoms with Gasteiger partial charge in [0, 0.05) is 25.5 Å². The number of aromatic nitrogens is 3. The van der Waals surface area contributed by atoms with E-state index in [9.17, 15) is 4.79 Å². The predicted octanol–water partition coefficient (Wildman–Crippen LogP) is 3.70. The lowest BCUT2D eigenvalue weighted by molar-refractivity contribution is -0.143. The van der Waals surface area contributed by atoms with Crippen LogP contribution in [0.2, 0.25) is 0 Å². The van der Waals surface area contributed by atoms with Gasteiger partial charge >= 0.3 is 5.97 Å². The summed E-state index contributed by atoms with van der Waals surface area (Å²) in [7, 11) is 4.00. The van der Waals surface area contributed by atoms with Crippen molar-refractivity contribution in [3.05, 3.63) is 41.1 Å². The van der Waals surface area contributed by atoms with Gasteiger partial charge in [0.25, 0.3) is 0 Å². The van der Waals surface area contributed by atoms with E-state index >= 15 is 0 Å². The van der Waals surface area contributed by atoms with Gasteiger partial charge in [-0.3, -0.25) is 0 Å². The number of fused-ring (bicyclic) bond motifs is 1. The van der Waals surface area contributed by atoms with E-state index in [-0.39, 0.29) is 12.1 Å². The largest absolute Gasteiger partial charge is 0.459 e. The summed E-state index contributed by atoms with van der Waals surface area (Å²) < 4.78 is 7.32. The average Bonchev–Trinajstić information content (AvgIpc) is 3.02. The summed E-state index contributed by atoms with van der Waals surface area (Å²) in [6.45, 7) is 7.64. The first-order valence-electron chi connectivity index (χ1n) is 9.37. The molecule has 2 aromatic rings. The Kier molecular flexibility index (Phi) is 5.98. The molecule has 0 aliphatic carbocycles. The number of ether oxygens (including phenoxy) is 1. The zero-order chi connectivity index (χ0) is 20.4. The number of carbonyl (C=O) groups excluding carboxylic acids is 1. The number of benzene rings is 1. The second-order valence-electron chi connectivity index (χ2n) is 7.10. The Hall–Kier alpha value is -2.48. The highest BCUT2D eigenvalue weighted by Gasteiger charge is 2.35. The van der Waals surface area contributed by atoms with E-state index in [1.54, 1.807) is 16.4 Å². The molecule has 0 fully saturated rings. The van der Waals surface area contributed by atoms with Gasteiger partial charge in [-0.05, 0) is 44.2 Å². The fraction of sp³-hybridized carbons (Fsp3) is 0.450. The Morgan fingerprint density at radius 3 is 2.57 bits per heavy atom. The number of carbonyl (C=O) groups is 1. The predicted molar refractivity (Wildman–Crippen MR) is 113 cm³/mol. The van der Waals surface area contributed by atoms with Crippen LogP contribution in [0.15, 0.2) is 40.7 Å². The lowest BCUT2D eigenvalue weighted by Gasteiger charge is -2.28. The van der Waals surface area contributed by atoms with Crippen molar-refractivity contribution in [2.75, 3.05) is 30.1 Å². The molecule has 0 amide bonds. The third-order valence-electron chi connectivity index (χ3n) is 4.39. The molecule has 0 saturated carbocycles. The maximum Gasteiger partial charge on any atom is 0.338 e. The molecule has 3 rings (SSSR count). The van der Waals surface area contributed by atoms with E-state index in [1.807, 2.05) is 64.0 Å². The summed E-state index contributed by atoms with van der Waals surface area (Å²) in [6.07, 6.45) is -0.201. The van der Waals surface area contributed by atoms with Gasteiger partial charge in [0.15, 0.2) is 0 Å². The quantitative estimate of drug-likeness (QED) is 0.584. The Bertz CT molecular complexity index is 887. The van der Waals surface area contributed by atoms with Gasteiger partial charge in [0.2, 0.25) is 11.1 Å². The van der Waals surface area contributed by atoms with Crippen LogP contribution in [0.3, 0.4) is 0 Å². The van der Waals surface area contributed by atoms with E-state index in [2.05, 4.69) is 22.3 Å². The summed E-state index contributed by atoms with van der Waals surface area (Å²) in [4.78, 5) is 19.5. The molecule has 0 spiro atoms. The highest BCUT2D eigenvalue weighted by molar-refractivity contribution is 7.99. The SMILES string of the molecule is CCSc1nc2n(n1)C(c1ccc(N(C)C)cc1)C(C(=O)OC(C)C)=C(C)N2. The number of hydrogen-bond acceptors (Lipinski definition) is 7. The Morgan fingerprint density at radius 2 is 2.00 bits per heavy atom. The topological polar surface area (TPSA) is 72.3 Å². The molecule has 0 radical (unpaired) electrons. The molecule has 1 aliphatic heterocycles. The number of esters is 1. The summed E-state index contributed by atoms with van der Waals surface area (Å²) >= 11 is 1.57. The van der Waals surface area contributed by atoms with Crippen LogP contribution in [-0.2, 0) is 9.53 Å². The third kappa shape index (κ3) is 4.01. The number of rotatable bonds is 6. The van der Waals surface area contributed by atoms with Crippen LogP contribution in [0.1, 0.15) is 39.3 Å². The van der Waals surface area contributed by atoms with Gasteiger partial charge in [0.05, 0.1) is 11.7 Å². The molecule has 1 atom stereocenters. The van der Waals surface area contributed by atoms with Crippen LogP contribution in [-0.4, -0.2) is 46.7 Å². The Labute approximate surface area is 170 Å². The highest BCUT2D eigenvalue weighted by atomic mass is 32.2. The maximum absolute atomic E-state index is 12.9. The number of anilines is 2. The molecule has 1 aliphatic rings. The maximum atomic E-state index is 12.9. The van der Waals surface area contributed by atoms with Crippen LogP contribution >= 0.6 is 11.8 Å². The van der Waals surface area contributed by atoms with Crippen molar-refractivity contribution in [2.24, 2.45) is 0 Å². The molecule has 1 N–H and O–H groups in total. The van der Waals surface area contributed by atoms with Gasteiger partial charge in [-0.2, -0.15) is 4.98 Å². The van der Waals surface area contributed by atoms with Crippen molar-refractivity contribution in [1.29, 1.82) is 0 Å². The first-order chi connectivity index (χ1) is 13.3. The van der Waals surface area contributed by atoms with Gasteiger partial charge in [-0.25, -0.2) is 9.48 Å². The van der Waals surface area contributed by atoms with Crippen LogP contribution in [0.5, 0.6) is 0 Å². The lowest BCUT2D eigenvalue weighted by atomic mass is 9.95. The standard InChI is InChI=1S/C20H27N5O2S/c1-7-28-20-22-19-21-13(4)16(18(26)27-12(2)3)17(25(19)23-20)14-8-10-15(11-9-14)24(5)6/h8-12,17H,7H2,1-6H3,(H,21,22,23). The van der Waals surface area contributed by atoms with Crippen molar-refractivity contribution < 1.29 is 9.53 Å². The summed E-state index contributed by atoms with van der Waals surface area (Å²) in [5.74, 6) is 1.17. The van der Waals surface area contributed by atoms with E-state index in [1.165, 1.54) is 0 Å². The molecule has 7 nitrogen and oxygen atoms in total. The van der Waals surface area contributed by atoms with E-state index in [0.717, 1.165) is 22.7 Å². The van der Waals surface area contributed by atoms with Crippen molar-refractivity contribution >= 4 is 29.4 Å². The van der Waals surface area contributed by atoms with Crippen molar-refractivity contribution in [3.8, 4) is 0 Å². The summed E-state index contributed by atoms with van der Waals surface area (Å²) in [6, 6.07) is 7.74. The molecule has 28 heavy (non-hydrogen) atoms. The Balaban J connectivity index is 2.10. The lowest BCUT2D eigenvalue weighted by Crippen LogP contribution is -2.30. The molecule has 1 aromatic heterocycles. The molecule has 8 heteroatoms. The second kappa shape index (κ2) is 8.26. The fourth-order valence-electron chi connectivity index (χ4n) is 3.13. The molecule has 1 aromatic carbocycles. The number of nitrogens with one attached hydrogen (secondary N) is 1. The van der Waals surface area contributed by atoms with Crippen LogP contribution < -0.4 is 10.2 Å². The molecule has 1 unspecified atom stereocenters. The minimum Gasteiger partial charge on any atom is -0.459 e. The molecule has 150 valence electrons. The zero-order valence-electron chi connectivity index (χ0n) is 17.2. The van der Waals surface area contributed by atoms with Crippen LogP contribution in [0.4, 0.5) is 11.6 Å². The minimum atomic E-state index is -0.391. The van der Waals surface area contributed by atoms with Gasteiger partial charge in [0.1, 0.15) is 6.04 Å². The first-order valence-corrected chi connectivity index (χ1v) is 10.4. The average molecular weight is 402 g/mol. The number of allylic oxidation sites excluding steroid dienone is 1. The smallest absolute Gasteiger partial charge is 0.338 e. The van der Waals surface area contributed by atoms with E-state index in [0.29, 0.717) is 16.7 Å². The van der Waals surface area contributed by atoms with Crippen LogP contribution in [0.25, 0.3) is 0 Å². The van der Waals surface area contributed by atoms with E-state index in [4.69, 9.17) is 4.74 Å². The van der Waals surface area contributed by atoms with Crippen molar-refractivity contribution in [1.82, 2.24) is 14.8 Å². The van der Waals surface area contributed by atoms with Crippen LogP contribution in [0, 0.1) is 0 Å². The highest BCUT2D eigenvalue weighted by Crippen LogP contribution is 2.37. The number of nitrogens with zero attached hydrogens (tertiary/aromatic N) is 4. The Morgan fingerprint density at radius 1 is 1.32 bits per heavy atom. The van der Waals surface area contributed by atoms with E-state index < -0.39 is 6.04 Å². The minimum absolute atomic E-state index is 0.201. The molecule has 0 bridgehead atoms. The third-order valence-corrected chi connectivity index (χ3v) is 5.11. The molecule has 2 heterocycles. The summed E-state index contributed by atoms with van der Waals surface area (Å²) in [5, 5.41) is 8.56. The number of thioether (sulfide) groups is 1. The monoisotopic (exact) mass is 401 g/mol. The second-order valence-corrected chi connectivity index (χ2v) is 8.33. The fourth-order valence-corrected chi connectivity index (χ4v) is 3.68. The van der Waals surface area contributed by atoms with Gasteiger partial charge in [-0.1, -0.05) is 30.8 Å². The first kappa shape index (κ1) is 20.3. The molecule has 0 saturated heterocycles. The number of hydrogen-bond donors (Lipinski definition) is 1. The van der Waals surface area contributed by atoms with Crippen molar-refractivity contribution in [2.45, 2.75) is 45.0 Å². The van der Waals surface area contributed by atoms with Crippen molar-refractivity contribution in [3.63, 3.8) is 0 Å². The van der Waals surface area contributed by atoms with Gasteiger partial charge in [-0.15, -0.1) is 5.10 Å². The zero-order valence-corrected chi connectivity index (χ0v) is 18.0. The molecular weight excluding hydrogens is 374 g/mol. The van der Waals surface area contributed by atoms with Gasteiger partial charge < -0.3 is 15.0 Å². The molecular formula is C20H27N5O2S. The summed E-state index contributed by atoms with van der Waals surface area (Å²) in [5.41, 5.74) is 3.34.